The Morgan fingerprint density at radius 3 is 0.933 bits per heavy atom. The normalized spacial score (nSPS) is 9.27. The number of rotatable bonds is 1. The van der Waals surface area contributed by atoms with E-state index in [-0.39, 0.29) is 0 Å². The van der Waals surface area contributed by atoms with Crippen LogP contribution in [0.3, 0.4) is 0 Å². The smallest absolute Gasteiger partial charge is 0.0382 e. The molecule has 96 valence electrons. The van der Waals surface area contributed by atoms with Crippen LogP contribution in [0.25, 0.3) is 0 Å². The van der Waals surface area contributed by atoms with Crippen LogP contribution in [0.15, 0.2) is 12.7 Å². The molecule has 0 heteroatoms. The average Bonchev–Trinajstić information content (AvgIpc) is 3.10. The van der Waals surface area contributed by atoms with Crippen molar-refractivity contribution in [1.82, 2.24) is 0 Å². The molecule has 0 saturated heterocycles. The van der Waals surface area contributed by atoms with E-state index < -0.39 is 0 Å². The van der Waals surface area contributed by atoms with Crippen LogP contribution in [0, 0.1) is 0 Å². The van der Waals surface area contributed by atoms with Gasteiger partial charge in [0.2, 0.25) is 0 Å². The molecule has 1 aliphatic carbocycles. The van der Waals surface area contributed by atoms with Gasteiger partial charge >= 0.3 is 0 Å². The molecule has 1 fully saturated rings. The highest BCUT2D eigenvalue weighted by Crippen LogP contribution is 2.14. The van der Waals surface area contributed by atoms with E-state index in [1.807, 2.05) is 19.9 Å². The van der Waals surface area contributed by atoms with Gasteiger partial charge in [-0.25, -0.2) is 0 Å². The van der Waals surface area contributed by atoms with Crippen molar-refractivity contribution < 1.29 is 0 Å². The molecule has 0 bridgehead atoms. The third kappa shape index (κ3) is 625. The van der Waals surface area contributed by atoms with Crippen molar-refractivity contribution in [3.05, 3.63) is 12.7 Å². The first kappa shape index (κ1) is 24.1. The lowest BCUT2D eigenvalue weighted by atomic mass is 10.5. The molecule has 0 aliphatic heterocycles. The molecule has 0 heterocycles. The molecular formula is C15H36. The van der Waals surface area contributed by atoms with Crippen molar-refractivity contribution in [2.75, 3.05) is 0 Å². The first-order valence-electron chi connectivity index (χ1n) is 6.85. The van der Waals surface area contributed by atoms with Crippen LogP contribution in [-0.4, -0.2) is 0 Å². The van der Waals surface area contributed by atoms with Crippen LogP contribution in [0.5, 0.6) is 0 Å². The van der Waals surface area contributed by atoms with Gasteiger partial charge in [-0.15, -0.1) is 6.58 Å². The minimum absolute atomic E-state index is 1.08. The fraction of sp³-hybridized carbons (Fsp3) is 0.867. The van der Waals surface area contributed by atoms with Crippen LogP contribution in [-0.2, 0) is 0 Å². The minimum atomic E-state index is 1.08. The van der Waals surface area contributed by atoms with Gasteiger partial charge in [-0.3, -0.25) is 0 Å². The molecule has 0 atom stereocenters. The maximum Gasteiger partial charge on any atom is -0.0382 e. The average molecular weight is 216 g/mol. The molecule has 0 unspecified atom stereocenters. The fourth-order valence-corrected chi connectivity index (χ4v) is 0. The summed E-state index contributed by atoms with van der Waals surface area (Å²) in [6, 6.07) is 0. The first-order valence-corrected chi connectivity index (χ1v) is 6.85. The molecule has 0 nitrogen and oxygen atoms in total. The van der Waals surface area contributed by atoms with Crippen molar-refractivity contribution >= 4 is 0 Å². The van der Waals surface area contributed by atoms with Crippen LogP contribution >= 0.6 is 0 Å². The SMILES string of the molecule is C1CC1.C=CCC.CC.CCC.CCC. The summed E-state index contributed by atoms with van der Waals surface area (Å²) in [5.74, 6) is 0. The van der Waals surface area contributed by atoms with E-state index in [4.69, 9.17) is 0 Å². The summed E-state index contributed by atoms with van der Waals surface area (Å²) in [7, 11) is 0. The van der Waals surface area contributed by atoms with E-state index in [2.05, 4.69) is 41.2 Å². The van der Waals surface area contributed by atoms with E-state index in [0.29, 0.717) is 0 Å². The van der Waals surface area contributed by atoms with Crippen LogP contribution in [0.2, 0.25) is 0 Å². The topological polar surface area (TPSA) is 0 Å². The van der Waals surface area contributed by atoms with E-state index in [9.17, 15) is 0 Å². The molecule has 0 spiro atoms. The summed E-state index contributed by atoms with van der Waals surface area (Å²) in [5, 5.41) is 0. The third-order valence-electron chi connectivity index (χ3n) is 0.642. The van der Waals surface area contributed by atoms with Gasteiger partial charge in [-0.2, -0.15) is 0 Å². The first-order chi connectivity index (χ1) is 7.24. The van der Waals surface area contributed by atoms with Gasteiger partial charge in [0, 0.05) is 0 Å². The molecule has 0 aromatic carbocycles. The van der Waals surface area contributed by atoms with Gasteiger partial charge in [0.05, 0.1) is 0 Å². The summed E-state index contributed by atoms with van der Waals surface area (Å²) in [6.45, 7) is 18.0. The van der Waals surface area contributed by atoms with Crippen LogP contribution < -0.4 is 0 Å². The van der Waals surface area contributed by atoms with Gasteiger partial charge in [-0.1, -0.05) is 86.6 Å². The van der Waals surface area contributed by atoms with E-state index in [1.165, 1.54) is 32.1 Å². The Labute approximate surface area is 100 Å². The zero-order chi connectivity index (χ0) is 12.9. The third-order valence-corrected chi connectivity index (χ3v) is 0.642. The quantitative estimate of drug-likeness (QED) is 0.432. The summed E-state index contributed by atoms with van der Waals surface area (Å²) >= 11 is 0. The number of hydrogen-bond acceptors (Lipinski definition) is 0. The van der Waals surface area contributed by atoms with Crippen molar-refractivity contribution in [1.29, 1.82) is 0 Å². The highest BCUT2D eigenvalue weighted by atomic mass is 14.0. The lowest BCUT2D eigenvalue weighted by Crippen LogP contribution is -1.36. The Bertz CT molecular complexity index is 48.3. The Balaban J connectivity index is -0.0000000513. The molecule has 0 radical (unpaired) electrons. The summed E-state index contributed by atoms with van der Waals surface area (Å²) < 4.78 is 0. The summed E-state index contributed by atoms with van der Waals surface area (Å²) in [5.41, 5.74) is 0. The lowest BCUT2D eigenvalue weighted by Gasteiger charge is -1.57. The maximum atomic E-state index is 3.48. The highest BCUT2D eigenvalue weighted by molar-refractivity contribution is 4.60. The van der Waals surface area contributed by atoms with Crippen molar-refractivity contribution in [2.45, 2.75) is 87.0 Å². The predicted octanol–water partition coefficient (Wildman–Crippen LogP) is 6.61. The number of hydrogen-bond donors (Lipinski definition) is 0. The van der Waals surface area contributed by atoms with Gasteiger partial charge in [-0.05, 0) is 6.42 Å². The molecule has 1 saturated carbocycles. The summed E-state index contributed by atoms with van der Waals surface area (Å²) in [4.78, 5) is 0. The molecule has 0 amide bonds. The van der Waals surface area contributed by atoms with Gasteiger partial charge in [0.15, 0.2) is 0 Å². The van der Waals surface area contributed by atoms with Crippen LogP contribution in [0.4, 0.5) is 0 Å². The van der Waals surface area contributed by atoms with E-state index in [1.54, 1.807) is 0 Å². The standard InChI is InChI=1S/C4H8.C3H6.2C3H8.C2H6/c1-3-4-2;1-2-3-1;2*1-3-2;1-2/h3H,1,4H2,2H3;1-3H2;2*3H2,1-2H3;1-2H3. The Kier molecular flexibility index (Phi) is 79.0. The fourth-order valence-electron chi connectivity index (χ4n) is 0. The second kappa shape index (κ2) is 49.1. The van der Waals surface area contributed by atoms with Gasteiger partial charge in [0.1, 0.15) is 0 Å². The molecular weight excluding hydrogens is 180 g/mol. The van der Waals surface area contributed by atoms with E-state index in [0.717, 1.165) is 6.42 Å². The molecule has 0 aromatic rings. The monoisotopic (exact) mass is 216 g/mol. The summed E-state index contributed by atoms with van der Waals surface area (Å²) in [6.07, 6.45) is 9.96. The van der Waals surface area contributed by atoms with E-state index >= 15 is 0 Å². The Morgan fingerprint density at radius 2 is 0.933 bits per heavy atom. The molecule has 0 N–H and O–H groups in total. The largest absolute Gasteiger partial charge is 0.103 e. The van der Waals surface area contributed by atoms with Crippen molar-refractivity contribution in [3.8, 4) is 0 Å². The van der Waals surface area contributed by atoms with Crippen LogP contribution in [0.1, 0.15) is 87.0 Å². The Hall–Kier alpha value is -0.260. The zero-order valence-electron chi connectivity index (χ0n) is 12.5. The highest BCUT2D eigenvalue weighted by Gasteiger charge is 1.95. The van der Waals surface area contributed by atoms with Gasteiger partial charge < -0.3 is 0 Å². The maximum absolute atomic E-state index is 3.48. The Morgan fingerprint density at radius 1 is 0.800 bits per heavy atom. The molecule has 15 heavy (non-hydrogen) atoms. The molecule has 1 rings (SSSR count). The molecule has 1 aliphatic rings. The van der Waals surface area contributed by atoms with Crippen molar-refractivity contribution in [3.63, 3.8) is 0 Å². The predicted molar refractivity (Wildman–Crippen MR) is 77.6 cm³/mol. The molecule has 0 aromatic heterocycles. The lowest BCUT2D eigenvalue weighted by molar-refractivity contribution is 1.09. The minimum Gasteiger partial charge on any atom is -0.103 e. The second-order valence-electron chi connectivity index (χ2n) is 3.17. The second-order valence-corrected chi connectivity index (χ2v) is 3.17. The number of allylic oxidation sites excluding steroid dienone is 1. The van der Waals surface area contributed by atoms with Crippen molar-refractivity contribution in [2.24, 2.45) is 0 Å². The van der Waals surface area contributed by atoms with Gasteiger partial charge in [0.25, 0.3) is 0 Å². The zero-order valence-corrected chi connectivity index (χ0v) is 12.5.